The Morgan fingerprint density at radius 3 is 2.91 bits per heavy atom. The highest BCUT2D eigenvalue weighted by Crippen LogP contribution is 2.28. The number of nitrogens with one attached hydrogen (secondary N) is 2. The van der Waals surface area contributed by atoms with Gasteiger partial charge in [-0.05, 0) is 24.3 Å². The molecule has 0 spiro atoms. The minimum atomic E-state index is -0.514. The maximum absolute atomic E-state index is 13.1. The van der Waals surface area contributed by atoms with Crippen molar-refractivity contribution in [3.8, 4) is 11.5 Å². The monoisotopic (exact) mass is 308 g/mol. The lowest BCUT2D eigenvalue weighted by Gasteiger charge is -2.05. The third-order valence-electron chi connectivity index (χ3n) is 3.56. The first-order valence-electron chi connectivity index (χ1n) is 7.17. The quantitative estimate of drug-likeness (QED) is 0.560. The number of anilines is 1. The summed E-state index contributed by atoms with van der Waals surface area (Å²) in [6.45, 7) is 0.458. The van der Waals surface area contributed by atoms with Crippen LogP contribution in [0.2, 0.25) is 0 Å². The highest BCUT2D eigenvalue weighted by Gasteiger charge is 2.12. The van der Waals surface area contributed by atoms with E-state index in [9.17, 15) is 4.39 Å². The molecular weight excluding hydrogens is 295 g/mol. The molecule has 4 rings (SSSR count). The minimum Gasteiger partial charge on any atom is -0.454 e. The second-order valence-corrected chi connectivity index (χ2v) is 5.12. The molecule has 6 heteroatoms. The summed E-state index contributed by atoms with van der Waals surface area (Å²) in [6, 6.07) is 14.4. The summed E-state index contributed by atoms with van der Waals surface area (Å²) in [7, 11) is 0. The van der Waals surface area contributed by atoms with Crippen LogP contribution >= 0.6 is 0 Å². The Morgan fingerprint density at radius 2 is 2.04 bits per heavy atom. The molecule has 0 aliphatic rings. The predicted octanol–water partition coefficient (Wildman–Crippen LogP) is 3.97. The maximum Gasteiger partial charge on any atom is 0.214 e. The lowest BCUT2D eigenvalue weighted by Crippen LogP contribution is -2.02. The normalized spacial score (nSPS) is 11.0. The SMILES string of the molecule is Fc1cccc(NCc2cn[nH]c2-c2cc3ccccc3o2)n1. The molecule has 5 nitrogen and oxygen atoms in total. The van der Waals surface area contributed by atoms with Crippen LogP contribution in [0.5, 0.6) is 0 Å². The van der Waals surface area contributed by atoms with E-state index >= 15 is 0 Å². The van der Waals surface area contributed by atoms with Crippen molar-refractivity contribution >= 4 is 16.8 Å². The lowest BCUT2D eigenvalue weighted by atomic mass is 10.2. The number of benzene rings is 1. The van der Waals surface area contributed by atoms with Gasteiger partial charge in [0.15, 0.2) is 5.76 Å². The fourth-order valence-electron chi connectivity index (χ4n) is 2.46. The molecule has 114 valence electrons. The van der Waals surface area contributed by atoms with Crippen LogP contribution < -0.4 is 5.32 Å². The van der Waals surface area contributed by atoms with Gasteiger partial charge in [-0.25, -0.2) is 4.98 Å². The van der Waals surface area contributed by atoms with Gasteiger partial charge in [-0.1, -0.05) is 24.3 Å². The van der Waals surface area contributed by atoms with Gasteiger partial charge in [-0.3, -0.25) is 5.10 Å². The first-order chi connectivity index (χ1) is 11.3. The van der Waals surface area contributed by atoms with Crippen molar-refractivity contribution in [1.29, 1.82) is 0 Å². The zero-order valence-electron chi connectivity index (χ0n) is 12.1. The second kappa shape index (κ2) is 5.57. The van der Waals surface area contributed by atoms with Crippen LogP contribution in [-0.2, 0) is 6.54 Å². The zero-order valence-corrected chi connectivity index (χ0v) is 12.1. The van der Waals surface area contributed by atoms with E-state index in [4.69, 9.17) is 4.42 Å². The molecule has 4 aromatic rings. The number of hydrogen-bond donors (Lipinski definition) is 2. The molecule has 23 heavy (non-hydrogen) atoms. The fraction of sp³-hybridized carbons (Fsp3) is 0.0588. The predicted molar refractivity (Wildman–Crippen MR) is 85.3 cm³/mol. The number of rotatable bonds is 4. The average Bonchev–Trinajstić information content (AvgIpc) is 3.19. The first-order valence-corrected chi connectivity index (χ1v) is 7.17. The number of furan rings is 1. The van der Waals surface area contributed by atoms with Crippen LogP contribution in [0.15, 0.2) is 59.1 Å². The van der Waals surface area contributed by atoms with E-state index in [2.05, 4.69) is 20.5 Å². The molecule has 0 aliphatic heterocycles. The maximum atomic E-state index is 13.1. The van der Waals surface area contributed by atoms with Crippen molar-refractivity contribution < 1.29 is 8.81 Å². The van der Waals surface area contributed by atoms with Crippen molar-refractivity contribution in [1.82, 2.24) is 15.2 Å². The van der Waals surface area contributed by atoms with Crippen molar-refractivity contribution in [2.75, 3.05) is 5.32 Å². The number of aromatic amines is 1. The standard InChI is InChI=1S/C17H13FN4O/c18-15-6-3-7-16(21-15)19-9-12-10-20-22-17(12)14-8-11-4-1-2-5-13(11)23-14/h1-8,10H,9H2,(H,19,21)(H,20,22). The average molecular weight is 308 g/mol. The molecule has 0 bridgehead atoms. The van der Waals surface area contributed by atoms with Gasteiger partial charge in [0.05, 0.1) is 6.20 Å². The van der Waals surface area contributed by atoms with E-state index < -0.39 is 5.95 Å². The molecule has 0 unspecified atom stereocenters. The van der Waals surface area contributed by atoms with Crippen molar-refractivity contribution in [2.45, 2.75) is 6.54 Å². The van der Waals surface area contributed by atoms with E-state index in [-0.39, 0.29) is 0 Å². The molecule has 0 saturated carbocycles. The largest absolute Gasteiger partial charge is 0.454 e. The number of H-pyrrole nitrogens is 1. The van der Waals surface area contributed by atoms with Gasteiger partial charge in [-0.15, -0.1) is 0 Å². The summed E-state index contributed by atoms with van der Waals surface area (Å²) in [5, 5.41) is 11.1. The molecule has 0 fully saturated rings. The van der Waals surface area contributed by atoms with E-state index in [1.54, 1.807) is 18.3 Å². The van der Waals surface area contributed by atoms with Crippen LogP contribution in [0.1, 0.15) is 5.56 Å². The Kier molecular flexibility index (Phi) is 3.27. The number of aromatic nitrogens is 3. The molecule has 3 aromatic heterocycles. The molecule has 0 amide bonds. The number of halogens is 1. The second-order valence-electron chi connectivity index (χ2n) is 5.12. The number of pyridine rings is 1. The third kappa shape index (κ3) is 2.66. The molecule has 0 saturated heterocycles. The van der Waals surface area contributed by atoms with E-state index in [1.807, 2.05) is 30.3 Å². The highest BCUT2D eigenvalue weighted by molar-refractivity contribution is 5.82. The molecule has 3 heterocycles. The van der Waals surface area contributed by atoms with Crippen LogP contribution in [0.25, 0.3) is 22.4 Å². The zero-order chi connectivity index (χ0) is 15.6. The Morgan fingerprint density at radius 1 is 1.13 bits per heavy atom. The Bertz CT molecular complexity index is 927. The van der Waals surface area contributed by atoms with Gasteiger partial charge < -0.3 is 9.73 Å². The Balaban J connectivity index is 1.60. The summed E-state index contributed by atoms with van der Waals surface area (Å²) < 4.78 is 19.0. The summed E-state index contributed by atoms with van der Waals surface area (Å²) in [5.74, 6) is 0.675. The Labute approximate surface area is 131 Å². The summed E-state index contributed by atoms with van der Waals surface area (Å²) in [6.07, 6.45) is 1.72. The number of fused-ring (bicyclic) bond motifs is 1. The smallest absolute Gasteiger partial charge is 0.214 e. The van der Waals surface area contributed by atoms with Gasteiger partial charge in [0, 0.05) is 17.5 Å². The van der Waals surface area contributed by atoms with E-state index in [1.165, 1.54) is 6.07 Å². The van der Waals surface area contributed by atoms with Crippen molar-refractivity contribution in [2.24, 2.45) is 0 Å². The molecule has 1 aromatic carbocycles. The van der Waals surface area contributed by atoms with Gasteiger partial charge in [-0.2, -0.15) is 9.49 Å². The van der Waals surface area contributed by atoms with Crippen LogP contribution in [0, 0.1) is 5.95 Å². The minimum absolute atomic E-state index is 0.458. The van der Waals surface area contributed by atoms with Gasteiger partial charge >= 0.3 is 0 Å². The molecule has 2 N–H and O–H groups in total. The highest BCUT2D eigenvalue weighted by atomic mass is 19.1. The third-order valence-corrected chi connectivity index (χ3v) is 3.56. The molecular formula is C17H13FN4O. The van der Waals surface area contributed by atoms with Crippen LogP contribution in [0.3, 0.4) is 0 Å². The van der Waals surface area contributed by atoms with Crippen molar-refractivity contribution in [3.63, 3.8) is 0 Å². The molecule has 0 radical (unpaired) electrons. The summed E-state index contributed by atoms with van der Waals surface area (Å²) in [5.41, 5.74) is 2.53. The lowest BCUT2D eigenvalue weighted by molar-refractivity contribution is 0.585. The fourth-order valence-corrected chi connectivity index (χ4v) is 2.46. The topological polar surface area (TPSA) is 66.7 Å². The van der Waals surface area contributed by atoms with E-state index in [0.29, 0.717) is 18.1 Å². The van der Waals surface area contributed by atoms with E-state index in [0.717, 1.165) is 22.2 Å². The molecule has 0 aliphatic carbocycles. The first kappa shape index (κ1) is 13.5. The Hall–Kier alpha value is -3.15. The van der Waals surface area contributed by atoms with Crippen LogP contribution in [0.4, 0.5) is 10.2 Å². The number of hydrogen-bond acceptors (Lipinski definition) is 4. The summed E-state index contributed by atoms with van der Waals surface area (Å²) in [4.78, 5) is 3.78. The van der Waals surface area contributed by atoms with Crippen molar-refractivity contribution in [3.05, 3.63) is 66.2 Å². The van der Waals surface area contributed by atoms with Gasteiger partial charge in [0.2, 0.25) is 5.95 Å². The number of nitrogens with zero attached hydrogens (tertiary/aromatic N) is 2. The number of para-hydroxylation sites is 1. The van der Waals surface area contributed by atoms with Gasteiger partial charge in [0.1, 0.15) is 17.1 Å². The summed E-state index contributed by atoms with van der Waals surface area (Å²) >= 11 is 0. The van der Waals surface area contributed by atoms with Crippen LogP contribution in [-0.4, -0.2) is 15.2 Å². The molecule has 0 atom stereocenters. The van der Waals surface area contributed by atoms with Gasteiger partial charge in [0.25, 0.3) is 0 Å².